The third-order valence-corrected chi connectivity index (χ3v) is 3.13. The van der Waals surface area contributed by atoms with Gasteiger partial charge in [0.1, 0.15) is 6.10 Å². The van der Waals surface area contributed by atoms with Crippen LogP contribution in [-0.2, 0) is 0 Å². The number of alkyl halides is 2. The van der Waals surface area contributed by atoms with Crippen molar-refractivity contribution in [3.63, 3.8) is 0 Å². The van der Waals surface area contributed by atoms with Crippen molar-refractivity contribution in [1.29, 1.82) is 0 Å². The molecular formula is C12H20F2O. The van der Waals surface area contributed by atoms with Crippen LogP contribution in [0.3, 0.4) is 0 Å². The van der Waals surface area contributed by atoms with Crippen LogP contribution in [0.1, 0.15) is 40.5 Å². The molecular weight excluding hydrogens is 198 g/mol. The van der Waals surface area contributed by atoms with E-state index in [4.69, 9.17) is 0 Å². The van der Waals surface area contributed by atoms with Crippen molar-refractivity contribution < 1.29 is 13.9 Å². The molecule has 0 spiro atoms. The molecule has 3 heteroatoms. The van der Waals surface area contributed by atoms with Crippen molar-refractivity contribution >= 4 is 0 Å². The third-order valence-electron chi connectivity index (χ3n) is 3.13. The molecule has 0 aromatic heterocycles. The van der Waals surface area contributed by atoms with E-state index in [1.807, 2.05) is 27.7 Å². The summed E-state index contributed by atoms with van der Waals surface area (Å²) in [6.45, 7) is 7.86. The molecule has 15 heavy (non-hydrogen) atoms. The topological polar surface area (TPSA) is 20.2 Å². The summed E-state index contributed by atoms with van der Waals surface area (Å²) in [5.41, 5.74) is 1.85. The minimum Gasteiger partial charge on any atom is -0.387 e. The van der Waals surface area contributed by atoms with Crippen LogP contribution >= 0.6 is 0 Å². The second kappa shape index (κ2) is 4.20. The van der Waals surface area contributed by atoms with Crippen molar-refractivity contribution in [3.05, 3.63) is 11.1 Å². The van der Waals surface area contributed by atoms with Crippen LogP contribution in [-0.4, -0.2) is 17.1 Å². The second-order valence-electron chi connectivity index (χ2n) is 5.02. The first-order valence-electron chi connectivity index (χ1n) is 5.53. The van der Waals surface area contributed by atoms with Gasteiger partial charge in [0.2, 0.25) is 0 Å². The summed E-state index contributed by atoms with van der Waals surface area (Å²) in [6, 6.07) is 0. The standard InChI is InChI=1S/C12H20F2O/c1-7(2)9-5-11(15)12(13,14)6-10(9)8(3)4/h7-8,11,15H,5-6H2,1-4H3. The summed E-state index contributed by atoms with van der Waals surface area (Å²) in [6.07, 6.45) is -1.66. The molecule has 1 aliphatic rings. The smallest absolute Gasteiger partial charge is 0.277 e. The van der Waals surface area contributed by atoms with Gasteiger partial charge < -0.3 is 5.11 Å². The first kappa shape index (κ1) is 12.6. The van der Waals surface area contributed by atoms with Gasteiger partial charge in [-0.15, -0.1) is 0 Å². The van der Waals surface area contributed by atoms with Crippen LogP contribution in [0.2, 0.25) is 0 Å². The molecule has 0 heterocycles. The summed E-state index contributed by atoms with van der Waals surface area (Å²) < 4.78 is 26.7. The van der Waals surface area contributed by atoms with E-state index < -0.39 is 12.0 Å². The van der Waals surface area contributed by atoms with E-state index in [1.54, 1.807) is 0 Å². The molecule has 1 aliphatic carbocycles. The lowest BCUT2D eigenvalue weighted by Gasteiger charge is -2.34. The zero-order valence-corrected chi connectivity index (χ0v) is 9.85. The van der Waals surface area contributed by atoms with Crippen molar-refractivity contribution in [2.45, 2.75) is 52.6 Å². The molecule has 1 rings (SSSR count). The van der Waals surface area contributed by atoms with Gasteiger partial charge in [-0.1, -0.05) is 38.8 Å². The molecule has 0 amide bonds. The average molecular weight is 218 g/mol. The average Bonchev–Trinajstić information content (AvgIpc) is 2.08. The van der Waals surface area contributed by atoms with Crippen molar-refractivity contribution in [2.24, 2.45) is 11.8 Å². The second-order valence-corrected chi connectivity index (χ2v) is 5.02. The van der Waals surface area contributed by atoms with Gasteiger partial charge in [-0.2, -0.15) is 0 Å². The first-order valence-corrected chi connectivity index (χ1v) is 5.53. The lowest BCUT2D eigenvalue weighted by atomic mass is 9.78. The molecule has 0 bridgehead atoms. The lowest BCUT2D eigenvalue weighted by molar-refractivity contribution is -0.114. The molecule has 1 nitrogen and oxygen atoms in total. The first-order chi connectivity index (χ1) is 6.75. The van der Waals surface area contributed by atoms with Crippen LogP contribution in [0.5, 0.6) is 0 Å². The van der Waals surface area contributed by atoms with Gasteiger partial charge in [0.05, 0.1) is 0 Å². The number of hydrogen-bond donors (Lipinski definition) is 1. The molecule has 88 valence electrons. The van der Waals surface area contributed by atoms with Crippen molar-refractivity contribution in [2.75, 3.05) is 0 Å². The van der Waals surface area contributed by atoms with Crippen LogP contribution in [0.15, 0.2) is 11.1 Å². The number of allylic oxidation sites excluding steroid dienone is 1. The molecule has 1 atom stereocenters. The van der Waals surface area contributed by atoms with E-state index in [2.05, 4.69) is 0 Å². The molecule has 0 aromatic carbocycles. The third kappa shape index (κ3) is 2.57. The van der Waals surface area contributed by atoms with E-state index in [0.29, 0.717) is 0 Å². The Morgan fingerprint density at radius 3 is 2.00 bits per heavy atom. The fourth-order valence-electron chi connectivity index (χ4n) is 2.16. The SMILES string of the molecule is CC(C)C1=C(C(C)C)CC(F)(F)C(O)C1. The largest absolute Gasteiger partial charge is 0.387 e. The Kier molecular flexibility index (Phi) is 3.54. The van der Waals surface area contributed by atoms with Crippen LogP contribution < -0.4 is 0 Å². The molecule has 0 aromatic rings. The molecule has 0 saturated carbocycles. The van der Waals surface area contributed by atoms with Gasteiger partial charge in [-0.3, -0.25) is 0 Å². The van der Waals surface area contributed by atoms with Gasteiger partial charge in [0.25, 0.3) is 5.92 Å². The number of aliphatic hydroxyl groups is 1. The summed E-state index contributed by atoms with van der Waals surface area (Å²) in [7, 11) is 0. The van der Waals surface area contributed by atoms with E-state index in [9.17, 15) is 13.9 Å². The predicted molar refractivity (Wildman–Crippen MR) is 56.9 cm³/mol. The van der Waals surface area contributed by atoms with Gasteiger partial charge in [0.15, 0.2) is 0 Å². The highest BCUT2D eigenvalue weighted by Crippen LogP contribution is 2.42. The maximum absolute atomic E-state index is 13.4. The van der Waals surface area contributed by atoms with Gasteiger partial charge in [-0.05, 0) is 11.8 Å². The van der Waals surface area contributed by atoms with E-state index in [-0.39, 0.29) is 24.7 Å². The number of aliphatic hydroxyl groups excluding tert-OH is 1. The Bertz CT molecular complexity index is 267. The Hall–Kier alpha value is -0.440. The number of rotatable bonds is 2. The lowest BCUT2D eigenvalue weighted by Crippen LogP contribution is -2.39. The minimum atomic E-state index is -2.95. The van der Waals surface area contributed by atoms with Gasteiger partial charge in [0, 0.05) is 12.8 Å². The van der Waals surface area contributed by atoms with Crippen LogP contribution in [0.4, 0.5) is 8.78 Å². The molecule has 1 unspecified atom stereocenters. The zero-order chi connectivity index (χ0) is 11.8. The molecule has 1 N–H and O–H groups in total. The number of hydrogen-bond acceptors (Lipinski definition) is 1. The fraction of sp³-hybridized carbons (Fsp3) is 0.833. The quantitative estimate of drug-likeness (QED) is 0.704. The van der Waals surface area contributed by atoms with Crippen LogP contribution in [0, 0.1) is 11.8 Å². The van der Waals surface area contributed by atoms with Crippen molar-refractivity contribution in [3.8, 4) is 0 Å². The summed E-state index contributed by atoms with van der Waals surface area (Å²) in [5, 5.41) is 9.37. The highest BCUT2D eigenvalue weighted by Gasteiger charge is 2.44. The molecule has 0 aliphatic heterocycles. The molecule has 0 saturated heterocycles. The Morgan fingerprint density at radius 2 is 1.60 bits per heavy atom. The zero-order valence-electron chi connectivity index (χ0n) is 9.85. The Labute approximate surface area is 90.2 Å². The van der Waals surface area contributed by atoms with Gasteiger partial charge in [-0.25, -0.2) is 8.78 Å². The van der Waals surface area contributed by atoms with Gasteiger partial charge >= 0.3 is 0 Å². The monoisotopic (exact) mass is 218 g/mol. The predicted octanol–water partition coefficient (Wildman–Crippen LogP) is 3.39. The maximum atomic E-state index is 13.4. The normalized spacial score (nSPS) is 26.6. The minimum absolute atomic E-state index is 0.123. The van der Waals surface area contributed by atoms with Crippen LogP contribution in [0.25, 0.3) is 0 Å². The maximum Gasteiger partial charge on any atom is 0.277 e. The van der Waals surface area contributed by atoms with E-state index in [1.165, 1.54) is 0 Å². The van der Waals surface area contributed by atoms with E-state index >= 15 is 0 Å². The Morgan fingerprint density at radius 1 is 1.13 bits per heavy atom. The highest BCUT2D eigenvalue weighted by atomic mass is 19.3. The number of halogens is 2. The Balaban J connectivity index is 3.06. The fourth-order valence-corrected chi connectivity index (χ4v) is 2.16. The summed E-state index contributed by atoms with van der Waals surface area (Å²) in [5.74, 6) is -2.56. The van der Waals surface area contributed by atoms with E-state index in [0.717, 1.165) is 11.1 Å². The highest BCUT2D eigenvalue weighted by molar-refractivity contribution is 5.25. The summed E-state index contributed by atoms with van der Waals surface area (Å²) >= 11 is 0. The summed E-state index contributed by atoms with van der Waals surface area (Å²) in [4.78, 5) is 0. The molecule has 0 radical (unpaired) electrons. The van der Waals surface area contributed by atoms with Crippen molar-refractivity contribution in [1.82, 2.24) is 0 Å². The molecule has 0 fully saturated rings.